The first kappa shape index (κ1) is 14.2. The summed E-state index contributed by atoms with van der Waals surface area (Å²) in [5.41, 5.74) is 1.62. The predicted molar refractivity (Wildman–Crippen MR) is 68.1 cm³/mol. The molecule has 0 aliphatic carbocycles. The zero-order chi connectivity index (χ0) is 12.7. The second kappa shape index (κ2) is 6.74. The number of benzene rings is 1. The number of hydrogen-bond donors (Lipinski definition) is 2. The first-order chi connectivity index (χ1) is 8.18. The fourth-order valence-corrected chi connectivity index (χ4v) is 2.00. The van der Waals surface area contributed by atoms with Gasteiger partial charge in [0.05, 0.1) is 13.2 Å². The van der Waals surface area contributed by atoms with Crippen LogP contribution < -0.4 is 0 Å². The summed E-state index contributed by atoms with van der Waals surface area (Å²) in [6.45, 7) is 2.58. The van der Waals surface area contributed by atoms with Crippen molar-refractivity contribution >= 4 is 0 Å². The molecule has 17 heavy (non-hydrogen) atoms. The number of methoxy groups -OCH3 is 1. The van der Waals surface area contributed by atoms with E-state index in [1.165, 1.54) is 5.56 Å². The third-order valence-corrected chi connectivity index (χ3v) is 3.27. The molecule has 96 valence electrons. The number of aliphatic hydroxyl groups is 2. The lowest BCUT2D eigenvalue weighted by Crippen LogP contribution is -2.35. The summed E-state index contributed by atoms with van der Waals surface area (Å²) in [6.07, 6.45) is 1.54. The lowest BCUT2D eigenvalue weighted by Gasteiger charge is -2.30. The smallest absolute Gasteiger partial charge is 0.0550 e. The molecule has 0 heterocycles. The first-order valence-corrected chi connectivity index (χ1v) is 5.96. The van der Waals surface area contributed by atoms with E-state index in [1.807, 2.05) is 31.2 Å². The van der Waals surface area contributed by atoms with Crippen LogP contribution in [0.2, 0.25) is 0 Å². The van der Waals surface area contributed by atoms with Crippen LogP contribution in [0.3, 0.4) is 0 Å². The lowest BCUT2D eigenvalue weighted by molar-refractivity contribution is 0.0968. The average molecular weight is 238 g/mol. The van der Waals surface area contributed by atoms with Crippen LogP contribution in [0.25, 0.3) is 0 Å². The lowest BCUT2D eigenvalue weighted by atomic mass is 9.78. The molecule has 0 atom stereocenters. The molecule has 1 rings (SSSR count). The van der Waals surface area contributed by atoms with E-state index in [0.717, 1.165) is 18.4 Å². The molecule has 0 amide bonds. The van der Waals surface area contributed by atoms with Crippen LogP contribution in [0.15, 0.2) is 24.3 Å². The molecule has 0 spiro atoms. The maximum atomic E-state index is 9.60. The normalized spacial score (nSPS) is 11.8. The van der Waals surface area contributed by atoms with Crippen molar-refractivity contribution in [3.8, 4) is 0 Å². The number of aliphatic hydroxyl groups excluding tert-OH is 2. The van der Waals surface area contributed by atoms with Crippen LogP contribution in [0.1, 0.15) is 24.0 Å². The van der Waals surface area contributed by atoms with Crippen LogP contribution >= 0.6 is 0 Å². The highest BCUT2D eigenvalue weighted by molar-refractivity contribution is 5.29. The van der Waals surface area contributed by atoms with E-state index in [4.69, 9.17) is 4.74 Å². The summed E-state index contributed by atoms with van der Waals surface area (Å²) in [5.74, 6) is 0. The van der Waals surface area contributed by atoms with Gasteiger partial charge in [0.1, 0.15) is 0 Å². The largest absolute Gasteiger partial charge is 0.395 e. The first-order valence-electron chi connectivity index (χ1n) is 5.96. The Bertz CT molecular complexity index is 315. The zero-order valence-electron chi connectivity index (χ0n) is 10.6. The molecular formula is C14H22O3. The Morgan fingerprint density at radius 1 is 1.12 bits per heavy atom. The van der Waals surface area contributed by atoms with Crippen molar-refractivity contribution in [3.05, 3.63) is 35.4 Å². The quantitative estimate of drug-likeness (QED) is 0.710. The minimum Gasteiger partial charge on any atom is -0.395 e. The molecule has 0 unspecified atom stereocenters. The van der Waals surface area contributed by atoms with Gasteiger partial charge in [0.2, 0.25) is 0 Å². The minimum atomic E-state index is -0.549. The van der Waals surface area contributed by atoms with E-state index in [-0.39, 0.29) is 13.2 Å². The van der Waals surface area contributed by atoms with Gasteiger partial charge in [0.15, 0.2) is 0 Å². The molecule has 0 saturated heterocycles. The highest BCUT2D eigenvalue weighted by atomic mass is 16.5. The van der Waals surface area contributed by atoms with Crippen LogP contribution in [0.5, 0.6) is 0 Å². The van der Waals surface area contributed by atoms with E-state index in [1.54, 1.807) is 7.11 Å². The van der Waals surface area contributed by atoms with Crippen molar-refractivity contribution in [3.63, 3.8) is 0 Å². The Morgan fingerprint density at radius 2 is 1.71 bits per heavy atom. The maximum Gasteiger partial charge on any atom is 0.0550 e. The third-order valence-electron chi connectivity index (χ3n) is 3.27. The summed E-state index contributed by atoms with van der Waals surface area (Å²) >= 11 is 0. The van der Waals surface area contributed by atoms with Crippen molar-refractivity contribution in [1.29, 1.82) is 0 Å². The fourth-order valence-electron chi connectivity index (χ4n) is 2.00. The Labute approximate surface area is 103 Å². The van der Waals surface area contributed by atoms with Crippen molar-refractivity contribution in [2.45, 2.75) is 25.2 Å². The molecule has 1 aromatic carbocycles. The third kappa shape index (κ3) is 3.53. The molecule has 3 nitrogen and oxygen atoms in total. The van der Waals surface area contributed by atoms with Gasteiger partial charge < -0.3 is 14.9 Å². The molecule has 0 saturated carbocycles. The fraction of sp³-hybridized carbons (Fsp3) is 0.571. The van der Waals surface area contributed by atoms with Crippen LogP contribution in [0.4, 0.5) is 0 Å². The van der Waals surface area contributed by atoms with E-state index >= 15 is 0 Å². The molecule has 0 fully saturated rings. The average Bonchev–Trinajstić information content (AvgIpc) is 2.37. The number of aryl methyl sites for hydroxylation is 1. The van der Waals surface area contributed by atoms with Gasteiger partial charge in [-0.2, -0.15) is 0 Å². The maximum absolute atomic E-state index is 9.60. The minimum absolute atomic E-state index is 0.0454. The molecule has 2 N–H and O–H groups in total. The second-order valence-electron chi connectivity index (χ2n) is 4.56. The van der Waals surface area contributed by atoms with E-state index in [9.17, 15) is 10.2 Å². The topological polar surface area (TPSA) is 49.7 Å². The Balaban J connectivity index is 2.85. The van der Waals surface area contributed by atoms with Gasteiger partial charge in [-0.1, -0.05) is 29.8 Å². The van der Waals surface area contributed by atoms with Gasteiger partial charge in [-0.05, 0) is 25.3 Å². The molecule has 0 radical (unpaired) electrons. The van der Waals surface area contributed by atoms with Gasteiger partial charge in [-0.15, -0.1) is 0 Å². The highest BCUT2D eigenvalue weighted by Gasteiger charge is 2.30. The van der Waals surface area contributed by atoms with Gasteiger partial charge in [0.25, 0.3) is 0 Å². The van der Waals surface area contributed by atoms with Gasteiger partial charge in [-0.3, -0.25) is 0 Å². The standard InChI is InChI=1S/C14H22O3/c1-12-4-6-13(7-5-12)14(10-15,11-16)8-3-9-17-2/h4-7,15-16H,3,8-11H2,1-2H3. The molecule has 0 aliphatic heterocycles. The summed E-state index contributed by atoms with van der Waals surface area (Å²) in [5, 5.41) is 19.2. The summed E-state index contributed by atoms with van der Waals surface area (Å²) in [4.78, 5) is 0. The van der Waals surface area contributed by atoms with E-state index < -0.39 is 5.41 Å². The van der Waals surface area contributed by atoms with Crippen molar-refractivity contribution in [1.82, 2.24) is 0 Å². The van der Waals surface area contributed by atoms with E-state index in [0.29, 0.717) is 6.61 Å². The van der Waals surface area contributed by atoms with Crippen molar-refractivity contribution in [2.75, 3.05) is 26.9 Å². The van der Waals surface area contributed by atoms with Gasteiger partial charge in [0, 0.05) is 19.1 Å². The van der Waals surface area contributed by atoms with E-state index in [2.05, 4.69) is 0 Å². The van der Waals surface area contributed by atoms with Crippen LogP contribution in [-0.4, -0.2) is 37.1 Å². The van der Waals surface area contributed by atoms with Crippen LogP contribution in [0, 0.1) is 6.92 Å². The molecule has 0 aliphatic rings. The number of ether oxygens (including phenoxy) is 1. The predicted octanol–water partition coefficient (Wildman–Crippen LogP) is 1.64. The summed E-state index contributed by atoms with van der Waals surface area (Å²) in [7, 11) is 1.66. The van der Waals surface area contributed by atoms with Crippen LogP contribution in [-0.2, 0) is 10.2 Å². The monoisotopic (exact) mass is 238 g/mol. The number of rotatable bonds is 7. The molecule has 0 aromatic heterocycles. The zero-order valence-corrected chi connectivity index (χ0v) is 10.6. The van der Waals surface area contributed by atoms with Crippen molar-refractivity contribution < 1.29 is 14.9 Å². The molecule has 0 bridgehead atoms. The molecule has 3 heteroatoms. The van der Waals surface area contributed by atoms with Gasteiger partial charge in [-0.25, -0.2) is 0 Å². The SMILES string of the molecule is COCCCC(CO)(CO)c1ccc(C)cc1. The van der Waals surface area contributed by atoms with Gasteiger partial charge >= 0.3 is 0 Å². The Kier molecular flexibility index (Phi) is 5.62. The summed E-state index contributed by atoms with van der Waals surface area (Å²) < 4.78 is 5.02. The number of hydrogen-bond acceptors (Lipinski definition) is 3. The Hall–Kier alpha value is -0.900. The Morgan fingerprint density at radius 3 is 2.18 bits per heavy atom. The van der Waals surface area contributed by atoms with Crippen molar-refractivity contribution in [2.24, 2.45) is 0 Å². The molecular weight excluding hydrogens is 216 g/mol. The summed E-state index contributed by atoms with van der Waals surface area (Å²) in [6, 6.07) is 7.97. The molecule has 1 aromatic rings. The second-order valence-corrected chi connectivity index (χ2v) is 4.56. The highest BCUT2D eigenvalue weighted by Crippen LogP contribution is 2.29.